The Hall–Kier alpha value is -1.99. The molecule has 1 heterocycles. The number of esters is 2. The summed E-state index contributed by atoms with van der Waals surface area (Å²) in [5, 5.41) is 19.7. The maximum absolute atomic E-state index is 12.1. The van der Waals surface area contributed by atoms with Gasteiger partial charge < -0.3 is 24.5 Å². The van der Waals surface area contributed by atoms with E-state index in [1.54, 1.807) is 0 Å². The molecule has 7 nitrogen and oxygen atoms in total. The molecule has 0 aromatic rings. The number of ether oxygens (including phenoxy) is 2. The molecule has 7 heteroatoms. The van der Waals surface area contributed by atoms with Gasteiger partial charge in [0.2, 0.25) is 0 Å². The molecular formula is C19H24O7. The lowest BCUT2D eigenvalue weighted by Gasteiger charge is -2.55. The predicted molar refractivity (Wildman–Crippen MR) is 89.6 cm³/mol. The molecule has 2 aliphatic carbocycles. The Morgan fingerprint density at radius 1 is 1.46 bits per heavy atom. The molecule has 3 aliphatic rings. The van der Waals surface area contributed by atoms with Crippen molar-refractivity contribution in [1.82, 2.24) is 0 Å². The monoisotopic (exact) mass is 364 g/mol. The van der Waals surface area contributed by atoms with E-state index in [0.29, 0.717) is 12.8 Å². The van der Waals surface area contributed by atoms with Crippen LogP contribution in [0.15, 0.2) is 24.3 Å². The van der Waals surface area contributed by atoms with Crippen molar-refractivity contribution in [1.29, 1.82) is 0 Å². The molecule has 2 saturated carbocycles. The van der Waals surface area contributed by atoms with Gasteiger partial charge in [-0.05, 0) is 19.3 Å². The summed E-state index contributed by atoms with van der Waals surface area (Å²) in [6.45, 7) is 8.54. The van der Waals surface area contributed by atoms with E-state index in [9.17, 15) is 19.5 Å². The van der Waals surface area contributed by atoms with E-state index < -0.39 is 48.2 Å². The lowest BCUT2D eigenvalue weighted by molar-refractivity contribution is -0.194. The van der Waals surface area contributed by atoms with Gasteiger partial charge in [0.15, 0.2) is 0 Å². The number of hydrogen-bond donors (Lipinski definition) is 2. The molecule has 7 atom stereocenters. The number of carbonyl (C=O) groups excluding carboxylic acids is 3. The first-order valence-corrected chi connectivity index (χ1v) is 8.77. The van der Waals surface area contributed by atoms with Gasteiger partial charge in [0, 0.05) is 22.8 Å². The fourth-order valence-electron chi connectivity index (χ4n) is 4.91. The van der Waals surface area contributed by atoms with Gasteiger partial charge in [-0.1, -0.05) is 20.1 Å². The molecule has 0 spiro atoms. The van der Waals surface area contributed by atoms with Crippen LogP contribution in [-0.4, -0.2) is 53.4 Å². The largest absolute Gasteiger partial charge is 0.458 e. The average Bonchev–Trinajstić information content (AvgIpc) is 2.90. The number of fused-ring (bicyclic) bond motifs is 3. The van der Waals surface area contributed by atoms with Crippen molar-refractivity contribution in [3.63, 3.8) is 0 Å². The molecule has 3 fully saturated rings. The van der Waals surface area contributed by atoms with Crippen LogP contribution < -0.4 is 0 Å². The number of rotatable bonds is 4. The Bertz CT molecular complexity index is 669. The lowest BCUT2D eigenvalue weighted by Crippen LogP contribution is -2.60. The van der Waals surface area contributed by atoms with Crippen molar-refractivity contribution in [2.75, 3.05) is 6.61 Å². The molecule has 1 saturated heterocycles. The Labute approximate surface area is 151 Å². The molecule has 142 valence electrons. The second-order valence-electron chi connectivity index (χ2n) is 7.76. The van der Waals surface area contributed by atoms with Crippen LogP contribution in [-0.2, 0) is 23.9 Å². The summed E-state index contributed by atoms with van der Waals surface area (Å²) in [5.74, 6) is -2.63. The normalized spacial score (nSPS) is 41.7. The third-order valence-corrected chi connectivity index (χ3v) is 6.33. The Morgan fingerprint density at radius 2 is 2.15 bits per heavy atom. The summed E-state index contributed by atoms with van der Waals surface area (Å²) in [6, 6.07) is 0. The molecule has 3 rings (SSSR count). The van der Waals surface area contributed by atoms with E-state index in [2.05, 4.69) is 13.2 Å². The number of hydrogen-bond acceptors (Lipinski definition) is 7. The number of aliphatic hydroxyl groups is 2. The minimum absolute atomic E-state index is 0.0976. The van der Waals surface area contributed by atoms with Gasteiger partial charge in [0.1, 0.15) is 18.5 Å². The first kappa shape index (κ1) is 18.8. The predicted octanol–water partition coefficient (Wildman–Crippen LogP) is 0.540. The van der Waals surface area contributed by atoms with E-state index >= 15 is 0 Å². The molecule has 26 heavy (non-hydrogen) atoms. The van der Waals surface area contributed by atoms with E-state index in [1.807, 2.05) is 6.92 Å². The van der Waals surface area contributed by atoms with Crippen LogP contribution in [0.3, 0.4) is 0 Å². The number of carbonyl (C=O) groups is 3. The van der Waals surface area contributed by atoms with Crippen molar-refractivity contribution < 1.29 is 34.1 Å². The van der Waals surface area contributed by atoms with Gasteiger partial charge in [-0.2, -0.15) is 0 Å². The average molecular weight is 364 g/mol. The zero-order valence-electron chi connectivity index (χ0n) is 14.7. The fraction of sp³-hybridized carbons (Fsp3) is 0.632. The van der Waals surface area contributed by atoms with Crippen LogP contribution in [0.5, 0.6) is 0 Å². The van der Waals surface area contributed by atoms with Crippen molar-refractivity contribution in [2.24, 2.45) is 23.2 Å². The quantitative estimate of drug-likeness (QED) is 0.426. The zero-order valence-corrected chi connectivity index (χ0v) is 14.7. The third kappa shape index (κ3) is 2.70. The van der Waals surface area contributed by atoms with Crippen LogP contribution in [0.2, 0.25) is 0 Å². The van der Waals surface area contributed by atoms with Gasteiger partial charge in [-0.15, -0.1) is 0 Å². The molecule has 0 unspecified atom stereocenters. The maximum Gasteiger partial charge on any atom is 0.336 e. The molecule has 2 N–H and O–H groups in total. The van der Waals surface area contributed by atoms with E-state index in [4.69, 9.17) is 14.6 Å². The molecule has 1 aliphatic heterocycles. The van der Waals surface area contributed by atoms with Crippen molar-refractivity contribution in [3.8, 4) is 0 Å². The first-order valence-electron chi connectivity index (χ1n) is 8.77. The topological polar surface area (TPSA) is 110 Å². The minimum Gasteiger partial charge on any atom is -0.458 e. The minimum atomic E-state index is -0.761. The summed E-state index contributed by atoms with van der Waals surface area (Å²) in [4.78, 5) is 35.9. The molecule has 0 amide bonds. The van der Waals surface area contributed by atoms with Crippen LogP contribution >= 0.6 is 0 Å². The van der Waals surface area contributed by atoms with Gasteiger partial charge in [-0.25, -0.2) is 9.59 Å². The number of aliphatic hydroxyl groups excluding tert-OH is 2. The maximum atomic E-state index is 12.1. The summed E-state index contributed by atoms with van der Waals surface area (Å²) < 4.78 is 11.0. The number of aldehydes is 1. The van der Waals surface area contributed by atoms with Gasteiger partial charge in [-0.3, -0.25) is 0 Å². The highest BCUT2D eigenvalue weighted by Crippen LogP contribution is 2.58. The van der Waals surface area contributed by atoms with Crippen LogP contribution in [0, 0.1) is 23.2 Å². The first-order chi connectivity index (χ1) is 12.2. The fourth-order valence-corrected chi connectivity index (χ4v) is 4.91. The van der Waals surface area contributed by atoms with E-state index in [1.165, 1.54) is 0 Å². The highest BCUT2D eigenvalue weighted by molar-refractivity contribution is 5.92. The second-order valence-corrected chi connectivity index (χ2v) is 7.76. The summed E-state index contributed by atoms with van der Waals surface area (Å²) in [7, 11) is 0. The zero-order chi connectivity index (χ0) is 19.2. The summed E-state index contributed by atoms with van der Waals surface area (Å²) in [6.07, 6.45) is -0.0449. The Kier molecular flexibility index (Phi) is 4.79. The Balaban J connectivity index is 1.99. The van der Waals surface area contributed by atoms with Gasteiger partial charge in [0.25, 0.3) is 0 Å². The van der Waals surface area contributed by atoms with Crippen molar-refractivity contribution >= 4 is 18.2 Å². The standard InChI is InChI=1S/C19H24O7/c1-9(7-20)17(23)25-12-6-19(3)13(22)5-4-11(8-21)15(19)16-14(12)10(2)18(24)26-16/h8,11-16,20,22H,1-2,4-7H2,3H3/t11-,12+,13+,14+,15+,16-,19-/m0/s1. The van der Waals surface area contributed by atoms with Crippen molar-refractivity contribution in [2.45, 2.75) is 44.5 Å². The molecule has 0 bridgehead atoms. The Morgan fingerprint density at radius 3 is 2.77 bits per heavy atom. The molecule has 0 radical (unpaired) electrons. The highest BCUT2D eigenvalue weighted by Gasteiger charge is 2.63. The van der Waals surface area contributed by atoms with E-state index in [0.717, 1.165) is 6.29 Å². The smallest absolute Gasteiger partial charge is 0.336 e. The highest BCUT2D eigenvalue weighted by atomic mass is 16.6. The molecule has 0 aromatic heterocycles. The van der Waals surface area contributed by atoms with Crippen LogP contribution in [0.1, 0.15) is 26.2 Å². The van der Waals surface area contributed by atoms with Gasteiger partial charge in [0.05, 0.1) is 24.2 Å². The van der Waals surface area contributed by atoms with Crippen LogP contribution in [0.4, 0.5) is 0 Å². The lowest BCUT2D eigenvalue weighted by atomic mass is 9.51. The third-order valence-electron chi connectivity index (χ3n) is 6.33. The van der Waals surface area contributed by atoms with Gasteiger partial charge >= 0.3 is 11.9 Å². The van der Waals surface area contributed by atoms with Crippen LogP contribution in [0.25, 0.3) is 0 Å². The molecule has 0 aromatic carbocycles. The van der Waals surface area contributed by atoms with E-state index in [-0.39, 0.29) is 29.4 Å². The summed E-state index contributed by atoms with van der Waals surface area (Å²) in [5.41, 5.74) is -0.643. The SMILES string of the molecule is C=C(CO)C(=O)O[C@@H]1C[C@]2(C)[C@@H]([C@H]3OC(=O)C(=C)[C@@H]31)[C@H](C=O)CC[C@H]2O. The summed E-state index contributed by atoms with van der Waals surface area (Å²) >= 11 is 0. The van der Waals surface area contributed by atoms with Crippen molar-refractivity contribution in [3.05, 3.63) is 24.3 Å². The molecular weight excluding hydrogens is 340 g/mol. The second kappa shape index (κ2) is 6.63.